The zero-order valence-corrected chi connectivity index (χ0v) is 9.27. The number of phenolic OH excluding ortho intramolecular Hbond substituents is 1. The second-order valence-corrected chi connectivity index (χ2v) is 3.08. The molecule has 4 heteroatoms. The maximum Gasteiger partial charge on any atom is 0.200 e. The molecule has 86 valence electrons. The normalized spacial score (nSPS) is 10.4. The Labute approximate surface area is 94.1 Å². The predicted molar refractivity (Wildman–Crippen MR) is 60.9 cm³/mol. The first-order valence-electron chi connectivity index (χ1n) is 4.78. The van der Waals surface area contributed by atoms with Crippen LogP contribution in [-0.4, -0.2) is 25.6 Å². The number of carbonyl (C=O) groups excluding carboxylic acids is 1. The zero-order valence-electron chi connectivity index (χ0n) is 9.27. The Kier molecular flexibility index (Phi) is 4.39. The molecule has 0 heterocycles. The van der Waals surface area contributed by atoms with Crippen molar-refractivity contribution in [1.82, 2.24) is 0 Å². The van der Waals surface area contributed by atoms with Gasteiger partial charge in [0.1, 0.15) is 6.29 Å². The van der Waals surface area contributed by atoms with Crippen molar-refractivity contribution < 1.29 is 19.4 Å². The van der Waals surface area contributed by atoms with Crippen molar-refractivity contribution in [1.29, 1.82) is 0 Å². The fourth-order valence-corrected chi connectivity index (χ4v) is 1.27. The van der Waals surface area contributed by atoms with Crippen LogP contribution in [0.3, 0.4) is 0 Å². The van der Waals surface area contributed by atoms with E-state index in [1.54, 1.807) is 24.3 Å². The number of rotatable bonds is 5. The summed E-state index contributed by atoms with van der Waals surface area (Å²) in [5.74, 6) is 0.646. The summed E-state index contributed by atoms with van der Waals surface area (Å²) in [7, 11) is 2.93. The Morgan fingerprint density at radius 3 is 2.25 bits per heavy atom. The van der Waals surface area contributed by atoms with Crippen LogP contribution >= 0.6 is 0 Å². The highest BCUT2D eigenvalue weighted by atomic mass is 16.5. The van der Waals surface area contributed by atoms with E-state index in [1.165, 1.54) is 14.2 Å². The number of phenols is 1. The van der Waals surface area contributed by atoms with Crippen molar-refractivity contribution in [2.75, 3.05) is 14.2 Å². The van der Waals surface area contributed by atoms with Gasteiger partial charge in [-0.05, 0) is 17.7 Å². The summed E-state index contributed by atoms with van der Waals surface area (Å²) in [5.41, 5.74) is 0.799. The van der Waals surface area contributed by atoms with E-state index in [-0.39, 0.29) is 5.75 Å². The molecule has 0 radical (unpaired) electrons. The third-order valence-corrected chi connectivity index (χ3v) is 2.04. The monoisotopic (exact) mass is 222 g/mol. The summed E-state index contributed by atoms with van der Waals surface area (Å²) in [6.07, 6.45) is 4.65. The zero-order chi connectivity index (χ0) is 12.0. The van der Waals surface area contributed by atoms with E-state index < -0.39 is 0 Å². The summed E-state index contributed by atoms with van der Waals surface area (Å²) in [4.78, 5) is 10.2. The van der Waals surface area contributed by atoms with Crippen molar-refractivity contribution in [3.05, 3.63) is 23.8 Å². The van der Waals surface area contributed by atoms with E-state index in [4.69, 9.17) is 9.47 Å². The molecule has 1 aromatic carbocycles. The molecule has 0 aliphatic rings. The van der Waals surface area contributed by atoms with E-state index in [0.717, 1.165) is 11.8 Å². The summed E-state index contributed by atoms with van der Waals surface area (Å²) >= 11 is 0. The van der Waals surface area contributed by atoms with Gasteiger partial charge in [-0.25, -0.2) is 0 Å². The maximum absolute atomic E-state index is 10.2. The number of aromatic hydroxyl groups is 1. The Morgan fingerprint density at radius 2 is 1.81 bits per heavy atom. The molecule has 0 aliphatic carbocycles. The van der Waals surface area contributed by atoms with Crippen molar-refractivity contribution in [2.24, 2.45) is 0 Å². The Hall–Kier alpha value is -1.97. The molecule has 1 N–H and O–H groups in total. The summed E-state index contributed by atoms with van der Waals surface area (Å²) in [6, 6.07) is 3.33. The molecule has 0 unspecified atom stereocenters. The number of ether oxygens (including phenoxy) is 2. The molecule has 0 bridgehead atoms. The molecule has 0 fully saturated rings. The highest BCUT2D eigenvalue weighted by molar-refractivity contribution is 5.63. The van der Waals surface area contributed by atoms with E-state index in [1.807, 2.05) is 0 Å². The summed E-state index contributed by atoms with van der Waals surface area (Å²) < 4.78 is 10.0. The fourth-order valence-electron chi connectivity index (χ4n) is 1.27. The lowest BCUT2D eigenvalue weighted by Gasteiger charge is -2.09. The second kappa shape index (κ2) is 5.80. The Balaban J connectivity index is 3.06. The summed E-state index contributed by atoms with van der Waals surface area (Å²) in [6.45, 7) is 0. The first-order chi connectivity index (χ1) is 7.72. The number of carbonyl (C=O) groups is 1. The molecule has 1 rings (SSSR count). The third-order valence-electron chi connectivity index (χ3n) is 2.04. The Morgan fingerprint density at radius 1 is 1.25 bits per heavy atom. The molecule has 0 aliphatic heterocycles. The van der Waals surface area contributed by atoms with Gasteiger partial charge in [0.25, 0.3) is 0 Å². The number of benzene rings is 1. The highest BCUT2D eigenvalue weighted by Gasteiger charge is 2.09. The second-order valence-electron chi connectivity index (χ2n) is 3.08. The van der Waals surface area contributed by atoms with Crippen LogP contribution in [0.5, 0.6) is 17.2 Å². The average Bonchev–Trinajstić information content (AvgIpc) is 2.31. The highest BCUT2D eigenvalue weighted by Crippen LogP contribution is 2.37. The average molecular weight is 222 g/mol. The number of allylic oxidation sites excluding steroid dienone is 1. The third kappa shape index (κ3) is 2.76. The first-order valence-corrected chi connectivity index (χ1v) is 4.78. The van der Waals surface area contributed by atoms with Gasteiger partial charge >= 0.3 is 0 Å². The molecule has 1 aromatic rings. The van der Waals surface area contributed by atoms with E-state index >= 15 is 0 Å². The maximum atomic E-state index is 10.2. The van der Waals surface area contributed by atoms with Crippen LogP contribution in [0, 0.1) is 0 Å². The molecular formula is C12H14O4. The smallest absolute Gasteiger partial charge is 0.200 e. The van der Waals surface area contributed by atoms with Gasteiger partial charge in [0.2, 0.25) is 5.75 Å². The van der Waals surface area contributed by atoms with Crippen LogP contribution < -0.4 is 9.47 Å². The molecule has 0 saturated heterocycles. The van der Waals surface area contributed by atoms with Crippen LogP contribution in [0.1, 0.15) is 12.0 Å². The minimum Gasteiger partial charge on any atom is -0.502 e. The molecule has 16 heavy (non-hydrogen) atoms. The van der Waals surface area contributed by atoms with E-state index in [2.05, 4.69) is 0 Å². The fraction of sp³-hybridized carbons (Fsp3) is 0.250. The lowest BCUT2D eigenvalue weighted by atomic mass is 10.1. The standard InChI is InChI=1S/C12H14O4/c1-15-10-7-9(5-3-4-6-13)8-11(16-2)12(10)14/h3,5-8,14H,4H2,1-2H3. The van der Waals surface area contributed by atoms with Gasteiger partial charge in [-0.15, -0.1) is 0 Å². The molecule has 4 nitrogen and oxygen atoms in total. The summed E-state index contributed by atoms with van der Waals surface area (Å²) in [5, 5.41) is 9.65. The molecule has 0 saturated carbocycles. The van der Waals surface area contributed by atoms with Gasteiger partial charge in [0.05, 0.1) is 14.2 Å². The van der Waals surface area contributed by atoms with Gasteiger partial charge in [-0.2, -0.15) is 0 Å². The van der Waals surface area contributed by atoms with Crippen LogP contribution in [0.15, 0.2) is 18.2 Å². The topological polar surface area (TPSA) is 55.8 Å². The molecule has 0 amide bonds. The molecular weight excluding hydrogens is 208 g/mol. The first kappa shape index (κ1) is 12.1. The molecule has 0 aromatic heterocycles. The van der Waals surface area contributed by atoms with Gasteiger partial charge in [-0.3, -0.25) is 0 Å². The van der Waals surface area contributed by atoms with Crippen LogP contribution in [0.25, 0.3) is 6.08 Å². The van der Waals surface area contributed by atoms with Crippen LogP contribution in [0.4, 0.5) is 0 Å². The largest absolute Gasteiger partial charge is 0.502 e. The number of hydrogen-bond acceptors (Lipinski definition) is 4. The lowest BCUT2D eigenvalue weighted by molar-refractivity contribution is -0.107. The Bertz CT molecular complexity index is 371. The minimum absolute atomic E-state index is 0.0301. The van der Waals surface area contributed by atoms with Crippen molar-refractivity contribution >= 4 is 12.4 Å². The molecule has 0 spiro atoms. The van der Waals surface area contributed by atoms with Crippen LogP contribution in [0.2, 0.25) is 0 Å². The van der Waals surface area contributed by atoms with Gasteiger partial charge in [0.15, 0.2) is 11.5 Å². The van der Waals surface area contributed by atoms with Gasteiger partial charge in [0, 0.05) is 6.42 Å². The number of hydrogen-bond donors (Lipinski definition) is 1. The van der Waals surface area contributed by atoms with Gasteiger partial charge < -0.3 is 19.4 Å². The number of methoxy groups -OCH3 is 2. The van der Waals surface area contributed by atoms with Crippen molar-refractivity contribution in [3.8, 4) is 17.2 Å². The SMILES string of the molecule is COc1cc(C=CCC=O)cc(OC)c1O. The lowest BCUT2D eigenvalue weighted by Crippen LogP contribution is -1.90. The predicted octanol–water partition coefficient (Wildman–Crippen LogP) is 2.01. The van der Waals surface area contributed by atoms with E-state index in [0.29, 0.717) is 17.9 Å². The van der Waals surface area contributed by atoms with E-state index in [9.17, 15) is 9.90 Å². The van der Waals surface area contributed by atoms with Gasteiger partial charge in [-0.1, -0.05) is 12.2 Å². The quantitative estimate of drug-likeness (QED) is 0.774. The number of aldehydes is 1. The van der Waals surface area contributed by atoms with Crippen molar-refractivity contribution in [2.45, 2.75) is 6.42 Å². The van der Waals surface area contributed by atoms with Crippen molar-refractivity contribution in [3.63, 3.8) is 0 Å². The van der Waals surface area contributed by atoms with Crippen LogP contribution in [-0.2, 0) is 4.79 Å². The molecule has 0 atom stereocenters. The minimum atomic E-state index is -0.0301.